The Bertz CT molecular complexity index is 418. The number of nitro groups is 1. The quantitative estimate of drug-likeness (QED) is 0.575. The minimum atomic E-state index is -0.791. The smallest absolute Gasteiger partial charge is 0.313 e. The molecule has 1 saturated heterocycles. The zero-order chi connectivity index (χ0) is 11.0. The Hall–Kier alpha value is -1.69. The number of nitrogens with zero attached hydrogens (tertiary/aromatic N) is 1. The molecule has 0 aliphatic carbocycles. The lowest BCUT2D eigenvalue weighted by molar-refractivity contribution is -0.386. The molecule has 2 N–H and O–H groups in total. The summed E-state index contributed by atoms with van der Waals surface area (Å²) in [4.78, 5) is 9.72. The van der Waals surface area contributed by atoms with Gasteiger partial charge in [-0.1, -0.05) is 0 Å². The van der Waals surface area contributed by atoms with Crippen LogP contribution in [0, 0.1) is 15.9 Å². The average molecular weight is 212 g/mol. The molecule has 1 aliphatic heterocycles. The largest absolute Gasteiger partial charge is 0.502 e. The molecule has 6 heteroatoms. The van der Waals surface area contributed by atoms with Crippen molar-refractivity contribution in [2.24, 2.45) is 0 Å². The molecule has 1 heterocycles. The molecule has 1 aliphatic rings. The zero-order valence-corrected chi connectivity index (χ0v) is 7.74. The van der Waals surface area contributed by atoms with Crippen LogP contribution in [0.15, 0.2) is 12.1 Å². The highest BCUT2D eigenvalue weighted by Crippen LogP contribution is 2.37. The molecule has 0 radical (unpaired) electrons. The summed E-state index contributed by atoms with van der Waals surface area (Å²) in [5.41, 5.74) is -0.327. The Balaban J connectivity index is 2.49. The predicted molar refractivity (Wildman–Crippen MR) is 50.1 cm³/mol. The molecule has 0 saturated carbocycles. The molecule has 0 unspecified atom stereocenters. The highest BCUT2D eigenvalue weighted by Gasteiger charge is 2.27. The van der Waals surface area contributed by atoms with Gasteiger partial charge in [-0.25, -0.2) is 4.39 Å². The van der Waals surface area contributed by atoms with Gasteiger partial charge in [0.05, 0.1) is 11.0 Å². The summed E-state index contributed by atoms with van der Waals surface area (Å²) in [5, 5.41) is 23.0. The van der Waals surface area contributed by atoms with Gasteiger partial charge in [0, 0.05) is 11.6 Å². The van der Waals surface area contributed by atoms with E-state index in [0.29, 0.717) is 0 Å². The van der Waals surface area contributed by atoms with Gasteiger partial charge in [0.15, 0.2) is 5.75 Å². The lowest BCUT2D eigenvalue weighted by atomic mass is 9.96. The van der Waals surface area contributed by atoms with Gasteiger partial charge in [-0.15, -0.1) is 0 Å². The van der Waals surface area contributed by atoms with Gasteiger partial charge in [0.2, 0.25) is 0 Å². The van der Waals surface area contributed by atoms with Crippen molar-refractivity contribution in [3.63, 3.8) is 0 Å². The molecule has 80 valence electrons. The Morgan fingerprint density at radius 3 is 2.73 bits per heavy atom. The van der Waals surface area contributed by atoms with Crippen LogP contribution in [0.2, 0.25) is 0 Å². The Labute approximate surface area is 84.7 Å². The Kier molecular flexibility index (Phi) is 2.28. The van der Waals surface area contributed by atoms with Crippen molar-refractivity contribution in [2.75, 3.05) is 6.54 Å². The lowest BCUT2D eigenvalue weighted by Crippen LogP contribution is -2.35. The number of rotatable bonds is 2. The number of nitrogens with one attached hydrogen (secondary N) is 1. The molecule has 1 fully saturated rings. The fraction of sp³-hybridized carbons (Fsp3) is 0.333. The Morgan fingerprint density at radius 2 is 2.27 bits per heavy atom. The number of nitro benzene ring substituents is 1. The maximum atomic E-state index is 13.0. The number of aromatic hydroxyl groups is 1. The first kappa shape index (κ1) is 9.85. The fourth-order valence-corrected chi connectivity index (χ4v) is 1.56. The number of phenolic OH excluding ortho intramolecular Hbond substituents is 1. The van der Waals surface area contributed by atoms with Gasteiger partial charge in [0.25, 0.3) is 0 Å². The average Bonchev–Trinajstić information content (AvgIpc) is 2.07. The van der Waals surface area contributed by atoms with E-state index >= 15 is 0 Å². The van der Waals surface area contributed by atoms with Gasteiger partial charge in [-0.3, -0.25) is 10.1 Å². The number of hydrogen-bond donors (Lipinski definition) is 2. The third-order valence-electron chi connectivity index (χ3n) is 2.48. The van der Waals surface area contributed by atoms with Crippen molar-refractivity contribution in [1.82, 2.24) is 5.32 Å². The van der Waals surface area contributed by atoms with Gasteiger partial charge in [-0.2, -0.15) is 0 Å². The third kappa shape index (κ3) is 1.63. The summed E-state index contributed by atoms with van der Waals surface area (Å²) in [6.07, 6.45) is 0.744. The van der Waals surface area contributed by atoms with Gasteiger partial charge >= 0.3 is 5.69 Å². The first-order valence-corrected chi connectivity index (χ1v) is 4.50. The van der Waals surface area contributed by atoms with E-state index < -0.39 is 22.2 Å². The summed E-state index contributed by atoms with van der Waals surface area (Å²) in [5.74, 6) is -1.15. The minimum Gasteiger partial charge on any atom is -0.502 e. The van der Waals surface area contributed by atoms with Crippen LogP contribution in [0.1, 0.15) is 18.0 Å². The van der Waals surface area contributed by atoms with Gasteiger partial charge in [-0.05, 0) is 19.0 Å². The molecule has 0 bridgehead atoms. The first-order chi connectivity index (χ1) is 7.09. The van der Waals surface area contributed by atoms with E-state index in [0.717, 1.165) is 25.1 Å². The summed E-state index contributed by atoms with van der Waals surface area (Å²) in [6.45, 7) is 0.772. The van der Waals surface area contributed by atoms with E-state index in [2.05, 4.69) is 5.32 Å². The standard InChI is InChI=1S/C9H9FN2O3/c10-5-3-6(7-1-2-11-7)9(13)8(4-5)12(14)15/h3-4,7,11,13H,1-2H2/t7-/m0/s1. The van der Waals surface area contributed by atoms with Crippen LogP contribution in [-0.2, 0) is 0 Å². The normalized spacial score (nSPS) is 19.7. The number of halogens is 1. The molecule has 5 nitrogen and oxygen atoms in total. The van der Waals surface area contributed by atoms with Crippen LogP contribution in [0.4, 0.5) is 10.1 Å². The van der Waals surface area contributed by atoms with E-state index in [9.17, 15) is 19.6 Å². The van der Waals surface area contributed by atoms with Crippen LogP contribution < -0.4 is 5.32 Å². The zero-order valence-electron chi connectivity index (χ0n) is 7.74. The second-order valence-electron chi connectivity index (χ2n) is 3.42. The highest BCUT2D eigenvalue weighted by molar-refractivity contribution is 5.52. The number of benzene rings is 1. The van der Waals surface area contributed by atoms with Crippen LogP contribution in [0.5, 0.6) is 5.75 Å². The predicted octanol–water partition coefficient (Wildman–Crippen LogP) is 1.47. The molecule has 1 atom stereocenters. The summed E-state index contributed by atoms with van der Waals surface area (Å²) in [6, 6.07) is 1.66. The molecule has 15 heavy (non-hydrogen) atoms. The Morgan fingerprint density at radius 1 is 1.60 bits per heavy atom. The molecule has 1 aromatic carbocycles. The van der Waals surface area contributed by atoms with Crippen LogP contribution in [0.25, 0.3) is 0 Å². The van der Waals surface area contributed by atoms with E-state index in [1.807, 2.05) is 0 Å². The molecule has 1 aromatic rings. The SMILES string of the molecule is O=[N+]([O-])c1cc(F)cc([C@@H]2CCN2)c1O. The second-order valence-corrected chi connectivity index (χ2v) is 3.42. The van der Waals surface area contributed by atoms with Crippen molar-refractivity contribution < 1.29 is 14.4 Å². The van der Waals surface area contributed by atoms with Crippen molar-refractivity contribution in [3.05, 3.63) is 33.6 Å². The van der Waals surface area contributed by atoms with Gasteiger partial charge in [0.1, 0.15) is 5.82 Å². The lowest BCUT2D eigenvalue weighted by Gasteiger charge is -2.28. The van der Waals surface area contributed by atoms with Gasteiger partial charge < -0.3 is 10.4 Å². The second kappa shape index (κ2) is 3.47. The third-order valence-corrected chi connectivity index (χ3v) is 2.48. The van der Waals surface area contributed by atoms with Crippen LogP contribution in [-0.4, -0.2) is 16.6 Å². The van der Waals surface area contributed by atoms with E-state index in [1.165, 1.54) is 0 Å². The van der Waals surface area contributed by atoms with Crippen molar-refractivity contribution in [2.45, 2.75) is 12.5 Å². The summed E-state index contributed by atoms with van der Waals surface area (Å²) >= 11 is 0. The molecule has 2 rings (SSSR count). The van der Waals surface area contributed by atoms with E-state index in [1.54, 1.807) is 0 Å². The number of phenols is 1. The molecule has 0 aromatic heterocycles. The molecule has 0 spiro atoms. The van der Waals surface area contributed by atoms with E-state index in [4.69, 9.17) is 0 Å². The van der Waals surface area contributed by atoms with Crippen molar-refractivity contribution in [3.8, 4) is 5.75 Å². The first-order valence-electron chi connectivity index (χ1n) is 4.50. The maximum Gasteiger partial charge on any atom is 0.313 e. The number of hydrogen-bond acceptors (Lipinski definition) is 4. The van der Waals surface area contributed by atoms with Crippen molar-refractivity contribution >= 4 is 5.69 Å². The topological polar surface area (TPSA) is 75.4 Å². The molecular weight excluding hydrogens is 203 g/mol. The highest BCUT2D eigenvalue weighted by atomic mass is 19.1. The monoisotopic (exact) mass is 212 g/mol. The maximum absolute atomic E-state index is 13.0. The van der Waals surface area contributed by atoms with Crippen molar-refractivity contribution in [1.29, 1.82) is 0 Å². The molecule has 0 amide bonds. The summed E-state index contributed by atoms with van der Waals surface area (Å²) in [7, 11) is 0. The van der Waals surface area contributed by atoms with E-state index in [-0.39, 0.29) is 11.6 Å². The summed E-state index contributed by atoms with van der Waals surface area (Å²) < 4.78 is 13.0. The minimum absolute atomic E-state index is 0.181. The van der Waals surface area contributed by atoms with Crippen LogP contribution in [0.3, 0.4) is 0 Å². The molecular formula is C9H9FN2O3. The van der Waals surface area contributed by atoms with Crippen LogP contribution >= 0.6 is 0 Å². The fourth-order valence-electron chi connectivity index (χ4n) is 1.56.